The molecule has 0 heterocycles. The molecule has 6 heavy (non-hydrogen) atoms. The summed E-state index contributed by atoms with van der Waals surface area (Å²) in [5, 5.41) is 7.70. The van der Waals surface area contributed by atoms with Gasteiger partial charge in [0.05, 0.1) is 0 Å². The highest BCUT2D eigenvalue weighted by molar-refractivity contribution is 7.75. The maximum absolute atomic E-state index is 9.28. The number of hydrogen-bond donors (Lipinski definition) is 1. The first-order chi connectivity index (χ1) is 2.64. The first-order valence-corrected chi connectivity index (χ1v) is 2.40. The van der Waals surface area contributed by atoms with Gasteiger partial charge in [-0.25, -0.2) is 0 Å². The fraction of sp³-hybridized carbons (Fsp3) is 0. The molecule has 36 valence electrons. The second-order valence-corrected chi connectivity index (χ2v) is 1.93. The van der Waals surface area contributed by atoms with Gasteiger partial charge in [-0.15, -0.1) is 0 Å². The van der Waals surface area contributed by atoms with Gasteiger partial charge in [0.2, 0.25) is 0 Å². The van der Waals surface area contributed by atoms with Gasteiger partial charge in [0.25, 0.3) is 14.8 Å². The maximum Gasteiger partial charge on any atom is 0.263 e. The van der Waals surface area contributed by atoms with Crippen molar-refractivity contribution >= 4 is 26.4 Å². The third-order valence-electron chi connectivity index (χ3n) is 0.138. The highest BCUT2D eigenvalue weighted by Gasteiger charge is 1.78. The second-order valence-electron chi connectivity index (χ2n) is 0.488. The molecule has 0 aromatic carbocycles. The summed E-state index contributed by atoms with van der Waals surface area (Å²) in [6, 6.07) is 0. The largest absolute Gasteiger partial charge is 0.339 e. The second kappa shape index (κ2) is 2.17. The zero-order valence-electron chi connectivity index (χ0n) is 2.55. The van der Waals surface area contributed by atoms with Crippen LogP contribution in [0, 0.1) is 0 Å². The smallest absolute Gasteiger partial charge is 0.263 e. The average Bonchev–Trinajstić information content (AvgIpc) is 1.36. The Bertz CT molecular complexity index is 142. The lowest BCUT2D eigenvalue weighted by Gasteiger charge is -1.60. The average molecular weight is 129 g/mol. The van der Waals surface area contributed by atoms with Crippen LogP contribution >= 0.6 is 11.6 Å². The van der Waals surface area contributed by atoms with Crippen molar-refractivity contribution in [3.63, 3.8) is 0 Å². The van der Waals surface area contributed by atoms with Gasteiger partial charge in [-0.05, 0) is 11.6 Å². The van der Waals surface area contributed by atoms with Crippen LogP contribution in [0.1, 0.15) is 0 Å². The minimum atomic E-state index is -2.63. The van der Waals surface area contributed by atoms with Gasteiger partial charge in [0.1, 0.15) is 0 Å². The summed E-state index contributed by atoms with van der Waals surface area (Å²) < 4.78 is 17.5. The quantitative estimate of drug-likeness (QED) is 0.362. The summed E-state index contributed by atoms with van der Waals surface area (Å²) in [7, 11) is -2.63. The Balaban J connectivity index is 4.58. The number of halogens is 1. The number of rotatable bonds is 0. The molecule has 0 saturated carbocycles. The van der Waals surface area contributed by atoms with Crippen LogP contribution in [0.3, 0.4) is 0 Å². The minimum Gasteiger partial charge on any atom is -0.339 e. The minimum absolute atomic E-state index is 1.10. The molecule has 5 heteroatoms. The van der Waals surface area contributed by atoms with Crippen LogP contribution in [0.5, 0.6) is 0 Å². The van der Waals surface area contributed by atoms with Crippen LogP contribution in [-0.2, 0) is 10.3 Å². The van der Waals surface area contributed by atoms with E-state index in [1.54, 1.807) is 0 Å². The van der Waals surface area contributed by atoms with E-state index in [2.05, 4.69) is 11.6 Å². The highest BCUT2D eigenvalue weighted by atomic mass is 35.5. The van der Waals surface area contributed by atoms with E-state index in [4.69, 9.17) is 5.11 Å². The molecule has 1 N–H and O–H groups in total. The van der Waals surface area contributed by atoms with Crippen molar-refractivity contribution in [3.05, 3.63) is 0 Å². The molecule has 0 aliphatic carbocycles. The molecule has 0 aliphatic rings. The van der Waals surface area contributed by atoms with E-state index in [1.165, 1.54) is 0 Å². The third-order valence-corrected chi connectivity index (χ3v) is 0.791. The molecule has 0 spiro atoms. The molecule has 0 unspecified atom stereocenters. The van der Waals surface area contributed by atoms with Gasteiger partial charge in [-0.3, -0.25) is 0 Å². The molecule has 0 amide bonds. The van der Waals surface area contributed by atoms with Crippen LogP contribution in [0.2, 0.25) is 0 Å². The molecule has 0 aromatic rings. The van der Waals surface area contributed by atoms with Gasteiger partial charge in [-0.1, -0.05) is 0 Å². The van der Waals surface area contributed by atoms with Crippen LogP contribution in [0.15, 0.2) is 0 Å². The predicted octanol–water partition coefficient (Wildman–Crippen LogP) is -0.250. The number of aliphatic hydroxyl groups excluding tert-OH is 1. The van der Waals surface area contributed by atoms with Crippen LogP contribution < -0.4 is 0 Å². The van der Waals surface area contributed by atoms with E-state index >= 15 is 0 Å². The van der Waals surface area contributed by atoms with Crippen molar-refractivity contribution in [1.82, 2.24) is 0 Å². The molecule has 0 radical (unpaired) electrons. The molecule has 0 atom stereocenters. The summed E-state index contributed by atoms with van der Waals surface area (Å²) in [4.78, 5) is 0. The monoisotopic (exact) mass is 128 g/mol. The van der Waals surface area contributed by atoms with Gasteiger partial charge >= 0.3 is 0 Å². The van der Waals surface area contributed by atoms with E-state index < -0.39 is 14.8 Å². The Hall–Kier alpha value is -0.0600. The molecular formula is CHClO3S. The van der Waals surface area contributed by atoms with Gasteiger partial charge in [0, 0.05) is 0 Å². The summed E-state index contributed by atoms with van der Waals surface area (Å²) >= 11 is 4.47. The van der Waals surface area contributed by atoms with Crippen molar-refractivity contribution in [2.24, 2.45) is 0 Å². The van der Waals surface area contributed by atoms with Gasteiger partial charge in [-0.2, -0.15) is 8.42 Å². The molecule has 0 saturated heterocycles. The lowest BCUT2D eigenvalue weighted by molar-refractivity contribution is 0.572. The lowest BCUT2D eigenvalue weighted by Crippen LogP contribution is -1.79. The van der Waals surface area contributed by atoms with Crippen molar-refractivity contribution in [1.29, 1.82) is 0 Å². The van der Waals surface area contributed by atoms with Crippen LogP contribution in [-0.4, -0.2) is 18.0 Å². The predicted molar refractivity (Wildman–Crippen MR) is 22.4 cm³/mol. The summed E-state index contributed by atoms with van der Waals surface area (Å²) in [6.07, 6.45) is 0. The Morgan fingerprint density at radius 3 is 1.83 bits per heavy atom. The third kappa shape index (κ3) is 2.19. The van der Waals surface area contributed by atoms with E-state index in [0.717, 1.165) is 0 Å². The van der Waals surface area contributed by atoms with Gasteiger partial charge in [0.15, 0.2) is 0 Å². The number of aliphatic hydroxyl groups is 1. The molecule has 0 rings (SSSR count). The molecule has 0 aromatic heterocycles. The normalized spacial score (nSPS) is 7.67. The summed E-state index contributed by atoms with van der Waals surface area (Å²) in [5.41, 5.74) is 0. The van der Waals surface area contributed by atoms with Crippen LogP contribution in [0.4, 0.5) is 0 Å². The lowest BCUT2D eigenvalue weighted by atomic mass is 11.7. The fourth-order valence-electron chi connectivity index (χ4n) is 0. The standard InChI is InChI=1S/CHClO3S/c2-1(3)6(4)5/h3H. The van der Waals surface area contributed by atoms with E-state index in [9.17, 15) is 8.42 Å². The Morgan fingerprint density at radius 1 is 1.67 bits per heavy atom. The first kappa shape index (κ1) is 5.94. The van der Waals surface area contributed by atoms with Crippen LogP contribution in [0.25, 0.3) is 0 Å². The summed E-state index contributed by atoms with van der Waals surface area (Å²) in [6.45, 7) is 0. The Morgan fingerprint density at radius 2 is 1.83 bits per heavy atom. The van der Waals surface area contributed by atoms with E-state index in [0.29, 0.717) is 0 Å². The zero-order chi connectivity index (χ0) is 5.15. The van der Waals surface area contributed by atoms with E-state index in [-0.39, 0.29) is 0 Å². The maximum atomic E-state index is 9.28. The summed E-state index contributed by atoms with van der Waals surface area (Å²) in [5.74, 6) is 0. The molecular weight excluding hydrogens is 128 g/mol. The van der Waals surface area contributed by atoms with Gasteiger partial charge < -0.3 is 5.11 Å². The fourth-order valence-corrected chi connectivity index (χ4v) is 0. The topological polar surface area (TPSA) is 54.4 Å². The van der Waals surface area contributed by atoms with Crippen molar-refractivity contribution in [3.8, 4) is 0 Å². The molecule has 0 fully saturated rings. The molecule has 0 aliphatic heterocycles. The molecule has 3 nitrogen and oxygen atoms in total. The number of hydrogen-bond acceptors (Lipinski definition) is 2. The zero-order valence-corrected chi connectivity index (χ0v) is 4.12. The van der Waals surface area contributed by atoms with E-state index in [1.807, 2.05) is 0 Å². The van der Waals surface area contributed by atoms with Crippen molar-refractivity contribution < 1.29 is 13.5 Å². The Kier molecular flexibility index (Phi) is 2.15. The Labute approximate surface area is 40.7 Å². The first-order valence-electron chi connectivity index (χ1n) is 0.950. The SMILES string of the molecule is O=S(=O)=C(O)Cl. The van der Waals surface area contributed by atoms with Crippen molar-refractivity contribution in [2.45, 2.75) is 0 Å². The highest BCUT2D eigenvalue weighted by Crippen LogP contribution is 1.67. The van der Waals surface area contributed by atoms with Crippen molar-refractivity contribution in [2.75, 3.05) is 0 Å². The molecule has 0 bridgehead atoms.